The van der Waals surface area contributed by atoms with Crippen molar-refractivity contribution in [2.24, 2.45) is 5.73 Å². The van der Waals surface area contributed by atoms with Crippen LogP contribution in [0.4, 0.5) is 5.69 Å². The summed E-state index contributed by atoms with van der Waals surface area (Å²) in [5.74, 6) is 1.16. The Kier molecular flexibility index (Phi) is 4.33. The van der Waals surface area contributed by atoms with Crippen LogP contribution in [0.3, 0.4) is 0 Å². The molecule has 0 spiro atoms. The molecule has 0 radical (unpaired) electrons. The molecule has 0 aromatic heterocycles. The third-order valence-corrected chi connectivity index (χ3v) is 4.66. The van der Waals surface area contributed by atoms with Crippen LogP contribution in [0, 0.1) is 0 Å². The van der Waals surface area contributed by atoms with Crippen LogP contribution in [-0.4, -0.2) is 29.1 Å². The average molecular weight is 331 g/mol. The number of thiocarbonyl (C=S) groups is 1. The summed E-state index contributed by atoms with van der Waals surface area (Å²) >= 11 is 10.7. The summed E-state index contributed by atoms with van der Waals surface area (Å²) in [4.78, 5) is 2.85. The predicted octanol–water partition coefficient (Wildman–Crippen LogP) is 3.03. The predicted molar refractivity (Wildman–Crippen MR) is 84.2 cm³/mol. The van der Waals surface area contributed by atoms with Crippen LogP contribution in [0.15, 0.2) is 22.7 Å². The van der Waals surface area contributed by atoms with Gasteiger partial charge in [-0.25, -0.2) is 0 Å². The van der Waals surface area contributed by atoms with E-state index < -0.39 is 0 Å². The molecule has 1 heterocycles. The second-order valence-corrected chi connectivity index (χ2v) is 7.05. The zero-order valence-electron chi connectivity index (χ0n) is 9.65. The number of hydrogen-bond donors (Lipinski definition) is 1. The highest BCUT2D eigenvalue weighted by molar-refractivity contribution is 9.10. The zero-order chi connectivity index (χ0) is 12.4. The van der Waals surface area contributed by atoms with Gasteiger partial charge in [0.25, 0.3) is 0 Å². The number of anilines is 1. The van der Waals surface area contributed by atoms with Gasteiger partial charge in [0.15, 0.2) is 0 Å². The second-order valence-electron chi connectivity index (χ2n) is 4.15. The van der Waals surface area contributed by atoms with E-state index in [-0.39, 0.29) is 0 Å². The van der Waals surface area contributed by atoms with Crippen LogP contribution in [0.25, 0.3) is 0 Å². The average Bonchev–Trinajstić information content (AvgIpc) is 2.28. The SMILES string of the molecule is CC1CN(c2cc(Br)ccc2C(N)=S)CCS1. The fourth-order valence-corrected chi connectivity index (χ4v) is 3.55. The monoisotopic (exact) mass is 330 g/mol. The van der Waals surface area contributed by atoms with Crippen molar-refractivity contribution in [1.82, 2.24) is 0 Å². The first-order valence-corrected chi connectivity index (χ1v) is 7.79. The van der Waals surface area contributed by atoms with Gasteiger partial charge in [-0.15, -0.1) is 0 Å². The largest absolute Gasteiger partial charge is 0.389 e. The van der Waals surface area contributed by atoms with Crippen LogP contribution in [0.1, 0.15) is 12.5 Å². The molecule has 5 heteroatoms. The molecule has 0 saturated carbocycles. The van der Waals surface area contributed by atoms with Crippen molar-refractivity contribution in [3.05, 3.63) is 28.2 Å². The molecule has 2 N–H and O–H groups in total. The molecule has 0 aliphatic carbocycles. The Hall–Kier alpha value is -0.260. The quantitative estimate of drug-likeness (QED) is 0.844. The van der Waals surface area contributed by atoms with Crippen molar-refractivity contribution in [3.8, 4) is 0 Å². The maximum atomic E-state index is 5.79. The number of hydrogen-bond acceptors (Lipinski definition) is 3. The smallest absolute Gasteiger partial charge is 0.106 e. The van der Waals surface area contributed by atoms with Crippen molar-refractivity contribution < 1.29 is 0 Å². The highest BCUT2D eigenvalue weighted by Gasteiger charge is 2.20. The van der Waals surface area contributed by atoms with E-state index >= 15 is 0 Å². The van der Waals surface area contributed by atoms with Crippen molar-refractivity contribution in [3.63, 3.8) is 0 Å². The summed E-state index contributed by atoms with van der Waals surface area (Å²) in [6.07, 6.45) is 0. The van der Waals surface area contributed by atoms with E-state index in [9.17, 15) is 0 Å². The minimum absolute atomic E-state index is 0.471. The maximum absolute atomic E-state index is 5.79. The number of thioether (sulfide) groups is 1. The van der Waals surface area contributed by atoms with Gasteiger partial charge in [-0.1, -0.05) is 35.1 Å². The number of nitrogens with two attached hydrogens (primary N) is 1. The van der Waals surface area contributed by atoms with Crippen molar-refractivity contribution in [2.45, 2.75) is 12.2 Å². The highest BCUT2D eigenvalue weighted by Crippen LogP contribution is 2.29. The van der Waals surface area contributed by atoms with Crippen LogP contribution >= 0.6 is 39.9 Å². The third kappa shape index (κ3) is 3.14. The summed E-state index contributed by atoms with van der Waals surface area (Å²) in [6, 6.07) is 6.09. The van der Waals surface area contributed by atoms with Gasteiger partial charge in [-0.2, -0.15) is 11.8 Å². The van der Waals surface area contributed by atoms with E-state index in [0.717, 1.165) is 34.6 Å². The molecule has 1 saturated heterocycles. The molecule has 1 aliphatic heterocycles. The van der Waals surface area contributed by atoms with E-state index in [1.165, 1.54) is 0 Å². The highest BCUT2D eigenvalue weighted by atomic mass is 79.9. The second kappa shape index (κ2) is 5.59. The van der Waals surface area contributed by atoms with E-state index in [4.69, 9.17) is 18.0 Å². The molecule has 1 aromatic rings. The van der Waals surface area contributed by atoms with Gasteiger partial charge in [-0.05, 0) is 18.2 Å². The minimum Gasteiger partial charge on any atom is -0.389 e. The lowest BCUT2D eigenvalue weighted by atomic mass is 10.1. The first kappa shape index (κ1) is 13.2. The molecular weight excluding hydrogens is 316 g/mol. The molecule has 2 nitrogen and oxygen atoms in total. The van der Waals surface area contributed by atoms with Gasteiger partial charge in [0.05, 0.1) is 0 Å². The summed E-state index contributed by atoms with van der Waals surface area (Å²) in [6.45, 7) is 4.37. The van der Waals surface area contributed by atoms with Gasteiger partial charge in [0.1, 0.15) is 4.99 Å². The lowest BCUT2D eigenvalue weighted by Gasteiger charge is -2.33. The van der Waals surface area contributed by atoms with Gasteiger partial charge < -0.3 is 10.6 Å². The standard InChI is InChI=1S/C12H15BrN2S2/c1-8-7-15(4-5-17-8)11-6-9(13)2-3-10(11)12(14)16/h2-3,6,8H,4-5,7H2,1H3,(H2,14,16). The van der Waals surface area contributed by atoms with Crippen molar-refractivity contribution in [1.29, 1.82) is 0 Å². The first-order valence-electron chi connectivity index (χ1n) is 5.54. The van der Waals surface area contributed by atoms with Crippen molar-refractivity contribution >= 4 is 50.6 Å². The summed E-state index contributed by atoms with van der Waals surface area (Å²) < 4.78 is 1.07. The summed E-state index contributed by atoms with van der Waals surface area (Å²) in [5, 5.41) is 0.655. The molecule has 1 atom stereocenters. The topological polar surface area (TPSA) is 29.3 Å². The molecule has 17 heavy (non-hydrogen) atoms. The zero-order valence-corrected chi connectivity index (χ0v) is 12.9. The number of nitrogens with zero attached hydrogens (tertiary/aromatic N) is 1. The summed E-state index contributed by atoms with van der Waals surface area (Å²) in [7, 11) is 0. The molecule has 1 fully saturated rings. The molecule has 0 bridgehead atoms. The lowest BCUT2D eigenvalue weighted by Crippen LogP contribution is -2.37. The number of halogens is 1. The molecule has 0 amide bonds. The molecule has 2 rings (SSSR count). The van der Waals surface area contributed by atoms with Gasteiger partial charge in [0.2, 0.25) is 0 Å². The fourth-order valence-electron chi connectivity index (χ4n) is 2.01. The Bertz CT molecular complexity index is 437. The van der Waals surface area contributed by atoms with Gasteiger partial charge >= 0.3 is 0 Å². The Balaban J connectivity index is 2.35. The first-order chi connectivity index (χ1) is 8.08. The minimum atomic E-state index is 0.471. The summed E-state index contributed by atoms with van der Waals surface area (Å²) in [5.41, 5.74) is 7.92. The van der Waals surface area contributed by atoms with E-state index in [1.54, 1.807) is 0 Å². The van der Waals surface area contributed by atoms with Crippen molar-refractivity contribution in [2.75, 3.05) is 23.7 Å². The normalized spacial score (nSPS) is 20.4. The van der Waals surface area contributed by atoms with Gasteiger partial charge in [0, 0.05) is 39.8 Å². The molecule has 1 aromatic carbocycles. The third-order valence-electron chi connectivity index (χ3n) is 2.81. The number of benzene rings is 1. The molecule has 1 aliphatic rings. The van der Waals surface area contributed by atoms with Crippen LogP contribution < -0.4 is 10.6 Å². The Labute approximate surface area is 120 Å². The fraction of sp³-hybridized carbons (Fsp3) is 0.417. The van der Waals surface area contributed by atoms with Crippen LogP contribution in [0.2, 0.25) is 0 Å². The van der Waals surface area contributed by atoms with Crippen LogP contribution in [-0.2, 0) is 0 Å². The van der Waals surface area contributed by atoms with E-state index in [0.29, 0.717) is 10.2 Å². The number of rotatable bonds is 2. The van der Waals surface area contributed by atoms with Gasteiger partial charge in [-0.3, -0.25) is 0 Å². The lowest BCUT2D eigenvalue weighted by molar-refractivity contribution is 0.782. The Morgan fingerprint density at radius 1 is 1.59 bits per heavy atom. The molecular formula is C12H15BrN2S2. The maximum Gasteiger partial charge on any atom is 0.106 e. The molecule has 92 valence electrons. The van der Waals surface area contributed by atoms with E-state index in [1.807, 2.05) is 23.9 Å². The van der Waals surface area contributed by atoms with Crippen LogP contribution in [0.5, 0.6) is 0 Å². The Morgan fingerprint density at radius 3 is 3.00 bits per heavy atom. The Morgan fingerprint density at radius 2 is 2.35 bits per heavy atom. The van der Waals surface area contributed by atoms with E-state index in [2.05, 4.69) is 33.8 Å². The molecule has 1 unspecified atom stereocenters.